The van der Waals surface area contributed by atoms with Gasteiger partial charge >= 0.3 is 65.2 Å². The molecule has 0 heterocycles. The average molecular weight is 240 g/mol. The molecule has 0 aliphatic rings. The molecule has 0 aliphatic carbocycles. The first-order chi connectivity index (χ1) is 0. The van der Waals surface area contributed by atoms with E-state index >= 15 is 0 Å². The summed E-state index contributed by atoms with van der Waals surface area (Å²) in [7, 11) is 0. The Morgan fingerprint density at radius 2 is 0.222 bits per heavy atom. The van der Waals surface area contributed by atoms with Crippen molar-refractivity contribution in [2.75, 3.05) is 0 Å². The Hall–Kier alpha value is 1.90. The van der Waals surface area contributed by atoms with Crippen molar-refractivity contribution in [3.8, 4) is 0 Å². The second kappa shape index (κ2) is 217. The van der Waals surface area contributed by atoms with Gasteiger partial charge in [0.25, 0.3) is 0 Å². The first kappa shape index (κ1) is 295. The van der Waals surface area contributed by atoms with E-state index in [2.05, 4.69) is 0 Å². The predicted molar refractivity (Wildman–Crippen MR) is 4.12 cm³/mol. The van der Waals surface area contributed by atoms with Crippen LogP contribution in [0.25, 0.3) is 0 Å². The van der Waals surface area contributed by atoms with Crippen LogP contribution in [0.4, 0.5) is 0 Å². The van der Waals surface area contributed by atoms with Gasteiger partial charge in [-0.3, -0.25) is 0 Å². The van der Waals surface area contributed by atoms with Crippen molar-refractivity contribution in [1.82, 2.24) is 0 Å². The second-order valence-corrected chi connectivity index (χ2v) is 0. The first-order valence-corrected chi connectivity index (χ1v) is 0. The summed E-state index contributed by atoms with van der Waals surface area (Å²) in [6.45, 7) is 0. The summed E-state index contributed by atoms with van der Waals surface area (Å²) in [6, 6.07) is 0. The van der Waals surface area contributed by atoms with Crippen LogP contribution in [0.2, 0.25) is 0 Å². The Labute approximate surface area is 97.3 Å². The average Bonchev–Trinajstić information content (AvgIpc) is 0. The fraction of sp³-hybridized carbons (Fsp3) is 0. The minimum Gasteiger partial charge on any atom is -2.00 e. The van der Waals surface area contributed by atoms with Gasteiger partial charge in [0.2, 0.25) is 0 Å². The standard InChI is InChI=1S/6O.3Ti/q6*-2;3*+4. The maximum atomic E-state index is 0. The van der Waals surface area contributed by atoms with Gasteiger partial charge in [-0.15, -0.1) is 0 Å². The van der Waals surface area contributed by atoms with Crippen molar-refractivity contribution in [2.45, 2.75) is 0 Å². The molecule has 0 unspecified atom stereocenters. The van der Waals surface area contributed by atoms with Gasteiger partial charge < -0.3 is 32.9 Å². The van der Waals surface area contributed by atoms with E-state index in [1.165, 1.54) is 0 Å². The van der Waals surface area contributed by atoms with Gasteiger partial charge in [0.15, 0.2) is 0 Å². The topological polar surface area (TPSA) is 171 Å². The van der Waals surface area contributed by atoms with Gasteiger partial charge in [0, 0.05) is 0 Å². The van der Waals surface area contributed by atoms with Crippen molar-refractivity contribution < 1.29 is 98.0 Å². The zero-order valence-corrected chi connectivity index (χ0v) is 8.63. The molecule has 0 amide bonds. The van der Waals surface area contributed by atoms with E-state index in [1.807, 2.05) is 0 Å². The van der Waals surface area contributed by atoms with Crippen LogP contribution in [-0.4, -0.2) is 0 Å². The Balaban J connectivity index is 0. The van der Waals surface area contributed by atoms with Crippen molar-refractivity contribution >= 4 is 0 Å². The SMILES string of the molecule is [O-2].[O-2].[O-2].[O-2].[O-2].[O-2].[Ti+4].[Ti+4].[Ti+4]. The number of rotatable bonds is 0. The number of hydrogen-bond acceptors (Lipinski definition) is 0. The summed E-state index contributed by atoms with van der Waals surface area (Å²) >= 11 is 0. The van der Waals surface area contributed by atoms with Crippen LogP contribution >= 0.6 is 0 Å². The third kappa shape index (κ3) is 171. The molecule has 48 valence electrons. The molecule has 0 saturated heterocycles. The van der Waals surface area contributed by atoms with Crippen molar-refractivity contribution in [3.63, 3.8) is 0 Å². The van der Waals surface area contributed by atoms with Crippen LogP contribution in [0.3, 0.4) is 0 Å². The van der Waals surface area contributed by atoms with Gasteiger partial charge in [0.05, 0.1) is 0 Å². The molecule has 0 radical (unpaired) electrons. The first-order valence-electron chi connectivity index (χ1n) is 0. The summed E-state index contributed by atoms with van der Waals surface area (Å²) in [4.78, 5) is 0. The fourth-order valence-electron chi connectivity index (χ4n) is 0. The van der Waals surface area contributed by atoms with Crippen molar-refractivity contribution in [1.29, 1.82) is 0 Å². The Morgan fingerprint density at radius 3 is 0.222 bits per heavy atom. The third-order valence-electron chi connectivity index (χ3n) is 0. The molecule has 0 fully saturated rings. The van der Waals surface area contributed by atoms with Gasteiger partial charge in [0.1, 0.15) is 0 Å². The molecule has 0 aliphatic heterocycles. The van der Waals surface area contributed by atoms with Crippen LogP contribution in [0.1, 0.15) is 0 Å². The summed E-state index contributed by atoms with van der Waals surface area (Å²) < 4.78 is 0. The second-order valence-electron chi connectivity index (χ2n) is 0. The number of hydrogen-bond donors (Lipinski definition) is 0. The summed E-state index contributed by atoms with van der Waals surface area (Å²) in [5.74, 6) is 0. The van der Waals surface area contributed by atoms with Crippen molar-refractivity contribution in [3.05, 3.63) is 0 Å². The van der Waals surface area contributed by atoms with Crippen LogP contribution in [0, 0.1) is 0 Å². The maximum Gasteiger partial charge on any atom is 4.00 e. The molecule has 0 aromatic rings. The van der Waals surface area contributed by atoms with Crippen LogP contribution in [-0.2, 0) is 98.0 Å². The zero-order valence-electron chi connectivity index (χ0n) is 3.95. The van der Waals surface area contributed by atoms with Gasteiger partial charge in [-0.2, -0.15) is 0 Å². The van der Waals surface area contributed by atoms with Crippen LogP contribution < -0.4 is 0 Å². The molecule has 0 saturated carbocycles. The Kier molecular flexibility index (Phi) is 7110. The normalized spacial score (nSPS) is 0. The van der Waals surface area contributed by atoms with E-state index < -0.39 is 0 Å². The molecule has 0 spiro atoms. The smallest absolute Gasteiger partial charge is 2.00 e. The van der Waals surface area contributed by atoms with E-state index in [0.29, 0.717) is 0 Å². The molecule has 0 rings (SSSR count). The van der Waals surface area contributed by atoms with E-state index in [9.17, 15) is 0 Å². The monoisotopic (exact) mass is 240 g/mol. The maximum absolute atomic E-state index is 0. The third-order valence-corrected chi connectivity index (χ3v) is 0. The van der Waals surface area contributed by atoms with E-state index in [-0.39, 0.29) is 98.0 Å². The minimum atomic E-state index is 0. The Morgan fingerprint density at radius 1 is 0.222 bits per heavy atom. The largest absolute Gasteiger partial charge is 4.00 e. The molecular formula is O6Ti3. The molecule has 6 nitrogen and oxygen atoms in total. The van der Waals surface area contributed by atoms with E-state index in [4.69, 9.17) is 0 Å². The molecule has 0 aromatic carbocycles. The van der Waals surface area contributed by atoms with Crippen molar-refractivity contribution in [2.24, 2.45) is 0 Å². The van der Waals surface area contributed by atoms with E-state index in [1.54, 1.807) is 0 Å². The quantitative estimate of drug-likeness (QED) is 0.486. The molecule has 0 bridgehead atoms. The zero-order chi connectivity index (χ0) is 0. The molecule has 9 heavy (non-hydrogen) atoms. The fourth-order valence-corrected chi connectivity index (χ4v) is 0. The molecule has 0 N–H and O–H groups in total. The molecule has 0 aromatic heterocycles. The van der Waals surface area contributed by atoms with Gasteiger partial charge in [-0.1, -0.05) is 0 Å². The van der Waals surface area contributed by atoms with Gasteiger partial charge in [-0.25, -0.2) is 0 Å². The molecular weight excluding hydrogens is 240 g/mol. The Bertz CT molecular complexity index is 8.26. The predicted octanol–water partition coefficient (Wildman–Crippen LogP) is -0.720. The summed E-state index contributed by atoms with van der Waals surface area (Å²) in [5.41, 5.74) is 0. The summed E-state index contributed by atoms with van der Waals surface area (Å²) in [5, 5.41) is 0. The van der Waals surface area contributed by atoms with Gasteiger partial charge in [-0.05, 0) is 0 Å². The summed E-state index contributed by atoms with van der Waals surface area (Å²) in [6.07, 6.45) is 0. The van der Waals surface area contributed by atoms with Crippen LogP contribution in [0.5, 0.6) is 0 Å². The molecule has 0 atom stereocenters. The van der Waals surface area contributed by atoms with Crippen LogP contribution in [0.15, 0.2) is 0 Å². The van der Waals surface area contributed by atoms with E-state index in [0.717, 1.165) is 0 Å². The molecule has 9 heteroatoms. The minimum absolute atomic E-state index is 0.